The molecule has 0 saturated carbocycles. The molecule has 1 aliphatic rings. The normalized spacial score (nSPS) is 18.1. The van der Waals surface area contributed by atoms with Crippen LogP contribution in [0.25, 0.3) is 0 Å². The summed E-state index contributed by atoms with van der Waals surface area (Å²) in [6, 6.07) is -1.55. The Morgan fingerprint density at radius 2 is 1.33 bits per heavy atom. The van der Waals surface area contributed by atoms with Gasteiger partial charge in [0.2, 0.25) is 0 Å². The van der Waals surface area contributed by atoms with E-state index >= 15 is 0 Å². The van der Waals surface area contributed by atoms with Gasteiger partial charge in [0.05, 0.1) is 19.3 Å². The molecule has 14 heteroatoms. The van der Waals surface area contributed by atoms with E-state index in [0.29, 0.717) is 32.1 Å². The number of esters is 2. The number of carbonyl (C=O) groups excluding carboxylic acids is 3. The summed E-state index contributed by atoms with van der Waals surface area (Å²) in [6.45, 7) is 2.50. The fourth-order valence-electron chi connectivity index (χ4n) is 6.53. The summed E-state index contributed by atoms with van der Waals surface area (Å²) in [6.07, 6.45) is 32.7. The second-order valence-electron chi connectivity index (χ2n) is 15.5. The predicted octanol–water partition coefficient (Wildman–Crippen LogP) is 9.23. The molecule has 0 aromatic heterocycles. The van der Waals surface area contributed by atoms with E-state index in [9.17, 15) is 33.7 Å². The van der Waals surface area contributed by atoms with Gasteiger partial charge in [-0.2, -0.15) is 0 Å². The summed E-state index contributed by atoms with van der Waals surface area (Å²) in [4.78, 5) is 58.5. The zero-order chi connectivity index (χ0) is 42.9. The number of aliphatic hydroxyl groups excluding tert-OH is 1. The van der Waals surface area contributed by atoms with Crippen LogP contribution < -0.4 is 5.73 Å². The monoisotopic (exact) mass is 842 g/mol. The molecule has 1 rings (SSSR count). The van der Waals surface area contributed by atoms with E-state index in [0.717, 1.165) is 38.5 Å². The van der Waals surface area contributed by atoms with Gasteiger partial charge in [0.25, 0.3) is 0 Å². The maximum absolute atomic E-state index is 12.7. The van der Waals surface area contributed by atoms with Gasteiger partial charge in [-0.15, -0.1) is 0 Å². The number of aliphatic hydroxyl groups is 1. The van der Waals surface area contributed by atoms with Gasteiger partial charge < -0.3 is 30.3 Å². The van der Waals surface area contributed by atoms with Crippen molar-refractivity contribution in [2.24, 2.45) is 17.6 Å². The average molecular weight is 842 g/mol. The molecule has 0 bridgehead atoms. The number of carboxylic acid groups (broad SMARTS) is 1. The van der Waals surface area contributed by atoms with Crippen LogP contribution >= 0.6 is 7.82 Å². The van der Waals surface area contributed by atoms with Gasteiger partial charge in [-0.05, 0) is 44.1 Å². The number of nitrogens with two attached hydrogens (primary N) is 1. The molecule has 0 fully saturated rings. The minimum atomic E-state index is -4.77. The zero-order valence-electron chi connectivity index (χ0n) is 35.5. The number of carbonyl (C=O) groups is 4. The van der Waals surface area contributed by atoms with Crippen LogP contribution in [-0.4, -0.2) is 76.9 Å². The zero-order valence-corrected chi connectivity index (χ0v) is 36.4. The van der Waals surface area contributed by atoms with Gasteiger partial charge in [0, 0.05) is 18.8 Å². The van der Waals surface area contributed by atoms with Crippen molar-refractivity contribution in [3.8, 4) is 0 Å². The summed E-state index contributed by atoms with van der Waals surface area (Å²) in [5.74, 6) is -2.86. The molecule has 6 atom stereocenters. The third-order valence-electron chi connectivity index (χ3n) is 10.1. The minimum absolute atomic E-state index is 0.0117. The summed E-state index contributed by atoms with van der Waals surface area (Å²) >= 11 is 0. The highest BCUT2D eigenvalue weighted by Gasteiger charge is 2.29. The van der Waals surface area contributed by atoms with E-state index < -0.39 is 63.8 Å². The molecule has 0 amide bonds. The number of hydrogen-bond donors (Lipinski definition) is 4. The van der Waals surface area contributed by atoms with Crippen molar-refractivity contribution in [1.82, 2.24) is 0 Å². The van der Waals surface area contributed by atoms with Gasteiger partial charge >= 0.3 is 25.7 Å². The molecule has 334 valence electrons. The van der Waals surface area contributed by atoms with Crippen molar-refractivity contribution in [2.75, 3.05) is 19.8 Å². The maximum Gasteiger partial charge on any atom is 0.472 e. The van der Waals surface area contributed by atoms with Crippen LogP contribution in [-0.2, 0) is 42.3 Å². The van der Waals surface area contributed by atoms with Crippen LogP contribution in [0.5, 0.6) is 0 Å². The summed E-state index contributed by atoms with van der Waals surface area (Å²) in [5, 5.41) is 19.1. The number of rotatable bonds is 38. The summed E-state index contributed by atoms with van der Waals surface area (Å²) < 4.78 is 32.7. The van der Waals surface area contributed by atoms with E-state index in [-0.39, 0.29) is 30.5 Å². The van der Waals surface area contributed by atoms with Crippen molar-refractivity contribution in [2.45, 2.75) is 186 Å². The number of ketones is 1. The van der Waals surface area contributed by atoms with Crippen molar-refractivity contribution in [3.05, 3.63) is 36.5 Å². The largest absolute Gasteiger partial charge is 0.480 e. The molecular formula is C44H76NO12P. The lowest BCUT2D eigenvalue weighted by atomic mass is 9.90. The fourth-order valence-corrected chi connectivity index (χ4v) is 7.30. The van der Waals surface area contributed by atoms with Crippen LogP contribution in [0.4, 0.5) is 0 Å². The molecule has 0 aromatic rings. The first kappa shape index (κ1) is 53.3. The number of carboxylic acids is 1. The summed E-state index contributed by atoms with van der Waals surface area (Å²) in [5.41, 5.74) is 5.33. The van der Waals surface area contributed by atoms with Gasteiger partial charge in [0.15, 0.2) is 11.9 Å². The number of unbranched alkanes of at least 4 members (excludes halogenated alkanes) is 17. The van der Waals surface area contributed by atoms with E-state index in [4.69, 9.17) is 24.8 Å². The highest BCUT2D eigenvalue weighted by atomic mass is 31.2. The Labute approximate surface area is 348 Å². The Morgan fingerprint density at radius 1 is 0.776 bits per heavy atom. The van der Waals surface area contributed by atoms with Crippen molar-refractivity contribution in [3.63, 3.8) is 0 Å². The second kappa shape index (κ2) is 34.1. The first-order valence-corrected chi connectivity index (χ1v) is 23.6. The first-order valence-electron chi connectivity index (χ1n) is 22.1. The van der Waals surface area contributed by atoms with E-state index in [1.807, 2.05) is 18.2 Å². The minimum Gasteiger partial charge on any atom is -0.480 e. The van der Waals surface area contributed by atoms with Crippen molar-refractivity contribution < 1.29 is 57.4 Å². The summed E-state index contributed by atoms with van der Waals surface area (Å²) in [7, 11) is -4.77. The fraction of sp³-hybridized carbons (Fsp3) is 0.773. The van der Waals surface area contributed by atoms with Gasteiger partial charge in [-0.1, -0.05) is 153 Å². The smallest absolute Gasteiger partial charge is 0.472 e. The number of phosphoric ester groups is 1. The second-order valence-corrected chi connectivity index (χ2v) is 17.0. The molecule has 1 unspecified atom stereocenters. The van der Waals surface area contributed by atoms with Gasteiger partial charge in [0.1, 0.15) is 12.6 Å². The quantitative estimate of drug-likeness (QED) is 0.0198. The molecule has 5 N–H and O–H groups in total. The Hall–Kier alpha value is -2.67. The number of ether oxygens (including phenoxy) is 2. The van der Waals surface area contributed by atoms with Crippen molar-refractivity contribution in [1.29, 1.82) is 0 Å². The standard InChI is InChI=1S/C44H76NO12P/c1-3-5-7-8-9-10-11-12-13-14-15-16-17-18-23-27-42(48)54-33-38(34-55-58(52,53)56-35-40(45)44(50)51)57-43(49)28-24-20-19-22-25-36-29-32-41(47)39(36)31-30-37(46)26-21-6-4-2/h19,22,29-32,36-40,46H,3-18,20-21,23-28,33-35,45H2,1-2H3,(H,50,51)(H,52,53)/b22-19-,31-30+/t36-,37-,38+,39+,40-/m0/s1. The van der Waals surface area contributed by atoms with E-state index in [1.165, 1.54) is 70.6 Å². The molecule has 0 radical (unpaired) electrons. The predicted molar refractivity (Wildman–Crippen MR) is 226 cm³/mol. The third kappa shape index (κ3) is 28.7. The van der Waals surface area contributed by atoms with Gasteiger partial charge in [-0.3, -0.25) is 28.2 Å². The maximum atomic E-state index is 12.7. The number of hydrogen-bond acceptors (Lipinski definition) is 11. The molecule has 0 spiro atoms. The molecule has 0 saturated heterocycles. The Balaban J connectivity index is 2.46. The molecule has 1 aliphatic carbocycles. The van der Waals surface area contributed by atoms with Crippen LogP contribution in [0.3, 0.4) is 0 Å². The molecule has 0 heterocycles. The number of phosphoric acid groups is 1. The highest BCUT2D eigenvalue weighted by Crippen LogP contribution is 2.43. The topological polar surface area (TPSA) is 209 Å². The third-order valence-corrected chi connectivity index (χ3v) is 11.1. The molecule has 0 aromatic carbocycles. The molecule has 13 nitrogen and oxygen atoms in total. The van der Waals surface area contributed by atoms with E-state index in [1.54, 1.807) is 18.2 Å². The van der Waals surface area contributed by atoms with Crippen LogP contribution in [0, 0.1) is 11.8 Å². The van der Waals surface area contributed by atoms with Crippen LogP contribution in [0.15, 0.2) is 36.5 Å². The number of allylic oxidation sites excluding steroid dienone is 5. The van der Waals surface area contributed by atoms with Crippen molar-refractivity contribution >= 4 is 31.5 Å². The Kier molecular flexibility index (Phi) is 31.4. The number of aliphatic carboxylic acids is 1. The van der Waals surface area contributed by atoms with E-state index in [2.05, 4.69) is 18.4 Å². The Morgan fingerprint density at radius 3 is 1.93 bits per heavy atom. The lowest BCUT2D eigenvalue weighted by Gasteiger charge is -2.20. The lowest BCUT2D eigenvalue weighted by molar-refractivity contribution is -0.161. The first-order chi connectivity index (χ1) is 27.9. The van der Waals surface area contributed by atoms with Crippen LogP contribution in [0.1, 0.15) is 168 Å². The molecule has 58 heavy (non-hydrogen) atoms. The molecular weight excluding hydrogens is 765 g/mol. The SMILES string of the molecule is CCCCCCCCCCCCCCCCCC(=O)OC[C@H](COP(=O)(O)OC[C@H](N)C(=O)O)OC(=O)CCC/C=C\C[C@H]1C=CC(=O)[C@@H]1/C=C/[C@@H](O)CCCCC. The highest BCUT2D eigenvalue weighted by molar-refractivity contribution is 7.47. The molecule has 0 aliphatic heterocycles. The Bertz CT molecular complexity index is 1270. The lowest BCUT2D eigenvalue weighted by Crippen LogP contribution is -2.34. The van der Waals surface area contributed by atoms with Crippen LogP contribution in [0.2, 0.25) is 0 Å². The average Bonchev–Trinajstić information content (AvgIpc) is 3.55. The van der Waals surface area contributed by atoms with Gasteiger partial charge in [-0.25, -0.2) is 4.57 Å².